The third-order valence-electron chi connectivity index (χ3n) is 5.06. The van der Waals surface area contributed by atoms with Gasteiger partial charge in [0, 0.05) is 40.9 Å². The minimum Gasteiger partial charge on any atom is -0.481 e. The predicted octanol–water partition coefficient (Wildman–Crippen LogP) is 3.34. The zero-order chi connectivity index (χ0) is 22.0. The van der Waals surface area contributed by atoms with Gasteiger partial charge < -0.3 is 19.6 Å². The van der Waals surface area contributed by atoms with E-state index < -0.39 is 0 Å². The summed E-state index contributed by atoms with van der Waals surface area (Å²) in [5, 5.41) is 3.42. The van der Waals surface area contributed by atoms with Crippen molar-refractivity contribution >= 4 is 16.8 Å². The number of hydrogen-bond donors (Lipinski definition) is 2. The average molecular weight is 420 g/mol. The molecule has 3 heterocycles. The maximum atomic E-state index is 14.5. The Hall–Kier alpha value is -3.94. The first-order chi connectivity index (χ1) is 15.0. The van der Waals surface area contributed by atoms with E-state index >= 15 is 0 Å². The zero-order valence-electron chi connectivity index (χ0n) is 17.1. The van der Waals surface area contributed by atoms with Gasteiger partial charge in [0.1, 0.15) is 11.5 Å². The second-order valence-corrected chi connectivity index (χ2v) is 6.92. The van der Waals surface area contributed by atoms with E-state index in [1.807, 2.05) is 0 Å². The van der Waals surface area contributed by atoms with Gasteiger partial charge in [0.2, 0.25) is 5.88 Å². The Morgan fingerprint density at radius 2 is 2.06 bits per heavy atom. The van der Waals surface area contributed by atoms with Crippen LogP contribution in [-0.4, -0.2) is 34.1 Å². The van der Waals surface area contributed by atoms with Crippen LogP contribution < -0.4 is 15.6 Å². The van der Waals surface area contributed by atoms with Crippen LogP contribution in [0.4, 0.5) is 4.39 Å². The number of ether oxygens (including phenoxy) is 1. The minimum absolute atomic E-state index is 0.0917. The van der Waals surface area contributed by atoms with E-state index in [4.69, 9.17) is 4.74 Å². The molecule has 4 rings (SSSR count). The number of amides is 1. The van der Waals surface area contributed by atoms with Crippen molar-refractivity contribution in [3.63, 3.8) is 0 Å². The van der Waals surface area contributed by atoms with Gasteiger partial charge >= 0.3 is 0 Å². The molecule has 7 nitrogen and oxygen atoms in total. The first-order valence-corrected chi connectivity index (χ1v) is 9.81. The number of halogens is 1. The topological polar surface area (TPSA) is 89.0 Å². The Bertz CT molecular complexity index is 1330. The minimum atomic E-state index is -0.383. The first-order valence-electron chi connectivity index (χ1n) is 9.81. The van der Waals surface area contributed by atoms with Crippen LogP contribution in [0, 0.1) is 5.82 Å². The van der Waals surface area contributed by atoms with E-state index in [1.165, 1.54) is 19.4 Å². The average Bonchev–Trinajstić information content (AvgIpc) is 3.09. The van der Waals surface area contributed by atoms with Crippen LogP contribution in [0.2, 0.25) is 0 Å². The van der Waals surface area contributed by atoms with Crippen molar-refractivity contribution < 1.29 is 13.9 Å². The van der Waals surface area contributed by atoms with Gasteiger partial charge in [0.25, 0.3) is 11.5 Å². The van der Waals surface area contributed by atoms with Crippen LogP contribution >= 0.6 is 0 Å². The molecule has 0 radical (unpaired) electrons. The van der Waals surface area contributed by atoms with Crippen molar-refractivity contribution in [2.24, 2.45) is 0 Å². The number of fused-ring (bicyclic) bond motifs is 1. The standard InChI is InChI=1S/C23H21FN4O3/c1-3-25-23(30)21-20(15-8-6-10-26-22(15)29)16-11-19(31-2)27-12-18(16)28(21)13-14-7-4-5-9-17(14)24/h4-12H,3,13H2,1-2H3,(H,25,30)(H,26,29). The molecule has 158 valence electrons. The SMILES string of the molecule is CCNC(=O)c1c(-c2ccc[nH]c2=O)c2cc(OC)ncc2n1Cc1ccccc1F. The normalized spacial score (nSPS) is 10.9. The van der Waals surface area contributed by atoms with Gasteiger partial charge in [-0.1, -0.05) is 18.2 Å². The number of carbonyl (C=O) groups excluding carboxylic acids is 1. The molecule has 0 unspecified atom stereocenters. The molecule has 0 saturated carbocycles. The fourth-order valence-corrected chi connectivity index (χ4v) is 3.67. The van der Waals surface area contributed by atoms with Gasteiger partial charge in [0.15, 0.2) is 0 Å². The Kier molecular flexibility index (Phi) is 5.53. The van der Waals surface area contributed by atoms with Gasteiger partial charge in [-0.3, -0.25) is 9.59 Å². The van der Waals surface area contributed by atoms with Crippen molar-refractivity contribution in [1.82, 2.24) is 19.9 Å². The summed E-state index contributed by atoms with van der Waals surface area (Å²) in [6.07, 6.45) is 3.09. The van der Waals surface area contributed by atoms with E-state index in [2.05, 4.69) is 15.3 Å². The molecule has 3 aromatic heterocycles. The Labute approximate surface area is 177 Å². The summed E-state index contributed by atoms with van der Waals surface area (Å²) in [4.78, 5) is 32.8. The molecular formula is C23H21FN4O3. The molecule has 0 aliphatic rings. The summed E-state index contributed by atoms with van der Waals surface area (Å²) in [5.74, 6) is -0.411. The smallest absolute Gasteiger partial charge is 0.268 e. The second kappa shape index (κ2) is 8.43. The summed E-state index contributed by atoms with van der Waals surface area (Å²) in [6.45, 7) is 2.29. The van der Waals surface area contributed by atoms with Crippen LogP contribution in [0.3, 0.4) is 0 Å². The van der Waals surface area contributed by atoms with Crippen LogP contribution in [0.1, 0.15) is 23.0 Å². The van der Waals surface area contributed by atoms with Crippen molar-refractivity contribution in [2.75, 3.05) is 13.7 Å². The lowest BCUT2D eigenvalue weighted by molar-refractivity contribution is 0.0948. The number of aromatic nitrogens is 3. The summed E-state index contributed by atoms with van der Waals surface area (Å²) in [5.41, 5.74) is 1.69. The number of nitrogens with one attached hydrogen (secondary N) is 2. The summed E-state index contributed by atoms with van der Waals surface area (Å²) in [7, 11) is 1.49. The number of methoxy groups -OCH3 is 1. The molecule has 31 heavy (non-hydrogen) atoms. The van der Waals surface area contributed by atoms with Gasteiger partial charge in [-0.25, -0.2) is 9.37 Å². The van der Waals surface area contributed by atoms with Crippen LogP contribution in [0.15, 0.2) is 59.7 Å². The molecule has 1 amide bonds. The first kappa shape index (κ1) is 20.3. The van der Waals surface area contributed by atoms with Gasteiger partial charge in [-0.05, 0) is 25.1 Å². The largest absolute Gasteiger partial charge is 0.481 e. The number of H-pyrrole nitrogens is 1. The monoisotopic (exact) mass is 420 g/mol. The Morgan fingerprint density at radius 3 is 2.77 bits per heavy atom. The van der Waals surface area contributed by atoms with Crippen molar-refractivity contribution in [1.29, 1.82) is 0 Å². The summed E-state index contributed by atoms with van der Waals surface area (Å²) in [6, 6.07) is 11.4. The number of pyridine rings is 2. The molecule has 8 heteroatoms. The van der Waals surface area contributed by atoms with Gasteiger partial charge in [-0.2, -0.15) is 0 Å². The molecule has 0 aliphatic heterocycles. The summed E-state index contributed by atoms with van der Waals surface area (Å²) >= 11 is 0. The molecule has 0 aliphatic carbocycles. The predicted molar refractivity (Wildman–Crippen MR) is 116 cm³/mol. The Morgan fingerprint density at radius 1 is 1.26 bits per heavy atom. The molecule has 1 aromatic carbocycles. The number of benzene rings is 1. The Balaban J connectivity index is 2.09. The lowest BCUT2D eigenvalue weighted by atomic mass is 10.0. The van der Waals surface area contributed by atoms with E-state index in [9.17, 15) is 14.0 Å². The lowest BCUT2D eigenvalue weighted by Crippen LogP contribution is -2.27. The maximum Gasteiger partial charge on any atom is 0.268 e. The third kappa shape index (κ3) is 3.68. The van der Waals surface area contributed by atoms with E-state index in [1.54, 1.807) is 54.1 Å². The van der Waals surface area contributed by atoms with Gasteiger partial charge in [0.05, 0.1) is 25.4 Å². The van der Waals surface area contributed by atoms with E-state index in [0.717, 1.165) is 0 Å². The van der Waals surface area contributed by atoms with Crippen molar-refractivity contribution in [2.45, 2.75) is 13.5 Å². The fraction of sp³-hybridized carbons (Fsp3) is 0.174. The number of nitrogens with zero attached hydrogens (tertiary/aromatic N) is 2. The molecular weight excluding hydrogens is 399 g/mol. The van der Waals surface area contributed by atoms with Gasteiger partial charge in [-0.15, -0.1) is 0 Å². The summed E-state index contributed by atoms with van der Waals surface area (Å²) < 4.78 is 21.4. The molecule has 0 spiro atoms. The second-order valence-electron chi connectivity index (χ2n) is 6.92. The highest BCUT2D eigenvalue weighted by atomic mass is 19.1. The van der Waals surface area contributed by atoms with Crippen molar-refractivity contribution in [3.05, 3.63) is 82.3 Å². The van der Waals surface area contributed by atoms with Crippen LogP contribution in [-0.2, 0) is 6.54 Å². The van der Waals surface area contributed by atoms with Crippen LogP contribution in [0.5, 0.6) is 5.88 Å². The zero-order valence-corrected chi connectivity index (χ0v) is 17.1. The molecule has 0 bridgehead atoms. The highest BCUT2D eigenvalue weighted by Crippen LogP contribution is 2.35. The molecule has 2 N–H and O–H groups in total. The number of carbonyl (C=O) groups is 1. The van der Waals surface area contributed by atoms with Crippen LogP contribution in [0.25, 0.3) is 22.0 Å². The molecule has 4 aromatic rings. The number of rotatable bonds is 6. The molecule has 0 fully saturated rings. The number of hydrogen-bond acceptors (Lipinski definition) is 4. The maximum absolute atomic E-state index is 14.5. The van der Waals surface area contributed by atoms with E-state index in [0.29, 0.717) is 40.0 Å². The highest BCUT2D eigenvalue weighted by Gasteiger charge is 2.26. The number of aromatic amines is 1. The molecule has 0 atom stereocenters. The highest BCUT2D eigenvalue weighted by molar-refractivity contribution is 6.10. The fourth-order valence-electron chi connectivity index (χ4n) is 3.67. The van der Waals surface area contributed by atoms with Crippen molar-refractivity contribution in [3.8, 4) is 17.0 Å². The quantitative estimate of drug-likeness (QED) is 0.501. The lowest BCUT2D eigenvalue weighted by Gasteiger charge is -2.12. The molecule has 0 saturated heterocycles. The third-order valence-corrected chi connectivity index (χ3v) is 5.06. The van der Waals surface area contributed by atoms with E-state index in [-0.39, 0.29) is 29.5 Å².